The zero-order valence-corrected chi connectivity index (χ0v) is 12.6. The van der Waals surface area contributed by atoms with Gasteiger partial charge in [0.05, 0.1) is 4.90 Å². The van der Waals surface area contributed by atoms with E-state index in [0.29, 0.717) is 0 Å². The van der Waals surface area contributed by atoms with Crippen molar-refractivity contribution < 1.29 is 13.0 Å². The molecule has 0 aliphatic heterocycles. The molecule has 1 aromatic carbocycles. The molecular weight excluding hydrogens is 260 g/mol. The number of hydrogen-bond donors (Lipinski definition) is 1. The molecule has 0 aliphatic carbocycles. The van der Waals surface area contributed by atoms with E-state index < -0.39 is 10.1 Å². The van der Waals surface area contributed by atoms with Gasteiger partial charge in [-0.2, -0.15) is 8.42 Å². The van der Waals surface area contributed by atoms with E-state index in [1.165, 1.54) is 6.07 Å². The van der Waals surface area contributed by atoms with Gasteiger partial charge in [0.2, 0.25) is 0 Å². The average Bonchev–Trinajstić information content (AvgIpc) is 2.38. The second kappa shape index (κ2) is 7.65. The second-order valence-corrected chi connectivity index (χ2v) is 6.38. The molecule has 3 nitrogen and oxygen atoms in total. The highest BCUT2D eigenvalue weighted by Gasteiger charge is 2.20. The van der Waals surface area contributed by atoms with Crippen molar-refractivity contribution in [2.24, 2.45) is 0 Å². The molecule has 1 N–H and O–H groups in total. The molecule has 0 saturated heterocycles. The first kappa shape index (κ1) is 16.2. The normalized spacial score (nSPS) is 12.0. The summed E-state index contributed by atoms with van der Waals surface area (Å²) in [4.78, 5) is 0.0761. The molecule has 0 heterocycles. The molecular formula is C15H24O3S. The molecule has 0 spiro atoms. The van der Waals surface area contributed by atoms with E-state index in [2.05, 4.69) is 13.8 Å². The van der Waals surface area contributed by atoms with Gasteiger partial charge in [0.25, 0.3) is 10.1 Å². The largest absolute Gasteiger partial charge is 0.294 e. The Balaban J connectivity index is 3.07. The van der Waals surface area contributed by atoms with Crippen LogP contribution in [0.1, 0.15) is 63.9 Å². The number of benzene rings is 1. The van der Waals surface area contributed by atoms with Gasteiger partial charge in [-0.25, -0.2) is 0 Å². The van der Waals surface area contributed by atoms with E-state index in [9.17, 15) is 13.0 Å². The zero-order valence-electron chi connectivity index (χ0n) is 11.8. The lowest BCUT2D eigenvalue weighted by molar-refractivity contribution is 0.474. The summed E-state index contributed by atoms with van der Waals surface area (Å²) in [6.45, 7) is 4.26. The van der Waals surface area contributed by atoms with E-state index in [1.807, 2.05) is 12.1 Å². The molecule has 0 unspecified atom stereocenters. The summed E-state index contributed by atoms with van der Waals surface area (Å²) in [6, 6.07) is 6.83. The van der Waals surface area contributed by atoms with Gasteiger partial charge in [0, 0.05) is 0 Å². The summed E-state index contributed by atoms with van der Waals surface area (Å²) in [5, 5.41) is 0. The summed E-state index contributed by atoms with van der Waals surface area (Å²) in [6.07, 6.45) is 6.29. The molecule has 1 rings (SSSR count). The standard InChI is InChI=1S/C15H24O3S/c1-3-5-9-13(10-6-4-2)14-11-7-8-12-15(14)19(16,17)18/h7-8,11-13H,3-6,9-10H2,1-2H3,(H,16,17,18). The summed E-state index contributed by atoms with van der Waals surface area (Å²) in [7, 11) is -4.13. The first-order valence-electron chi connectivity index (χ1n) is 7.07. The van der Waals surface area contributed by atoms with E-state index in [0.717, 1.165) is 44.1 Å². The molecule has 0 atom stereocenters. The van der Waals surface area contributed by atoms with Crippen molar-refractivity contribution >= 4 is 10.1 Å². The van der Waals surface area contributed by atoms with Gasteiger partial charge >= 0.3 is 0 Å². The second-order valence-electron chi connectivity index (χ2n) is 4.99. The van der Waals surface area contributed by atoms with Crippen molar-refractivity contribution in [1.29, 1.82) is 0 Å². The van der Waals surface area contributed by atoms with Crippen LogP contribution in [0.25, 0.3) is 0 Å². The maximum atomic E-state index is 11.5. The molecule has 4 heteroatoms. The van der Waals surface area contributed by atoms with Crippen molar-refractivity contribution in [1.82, 2.24) is 0 Å². The van der Waals surface area contributed by atoms with Crippen LogP contribution in [0.3, 0.4) is 0 Å². The van der Waals surface area contributed by atoms with Crippen LogP contribution >= 0.6 is 0 Å². The Labute approximate surface area is 116 Å². The van der Waals surface area contributed by atoms with E-state index in [-0.39, 0.29) is 10.8 Å². The summed E-state index contributed by atoms with van der Waals surface area (Å²) >= 11 is 0. The van der Waals surface area contributed by atoms with Gasteiger partial charge in [0.15, 0.2) is 0 Å². The molecule has 108 valence electrons. The molecule has 0 bridgehead atoms. The Hall–Kier alpha value is -0.870. The van der Waals surface area contributed by atoms with E-state index in [4.69, 9.17) is 0 Å². The Morgan fingerprint density at radius 3 is 2.05 bits per heavy atom. The fraction of sp³-hybridized carbons (Fsp3) is 0.600. The lowest BCUT2D eigenvalue weighted by Crippen LogP contribution is -2.08. The fourth-order valence-corrected chi connectivity index (χ4v) is 3.19. The minimum atomic E-state index is -4.13. The topological polar surface area (TPSA) is 54.4 Å². The third kappa shape index (κ3) is 4.96. The minimum absolute atomic E-state index is 0.0761. The Morgan fingerprint density at radius 1 is 1.05 bits per heavy atom. The van der Waals surface area contributed by atoms with Crippen LogP contribution in [0.2, 0.25) is 0 Å². The van der Waals surface area contributed by atoms with Crippen molar-refractivity contribution in [2.75, 3.05) is 0 Å². The molecule has 0 fully saturated rings. The monoisotopic (exact) mass is 284 g/mol. The number of rotatable bonds is 8. The van der Waals surface area contributed by atoms with Crippen LogP contribution in [0.4, 0.5) is 0 Å². The third-order valence-electron chi connectivity index (χ3n) is 3.45. The lowest BCUT2D eigenvalue weighted by atomic mass is 9.89. The summed E-state index contributed by atoms with van der Waals surface area (Å²) in [5.41, 5.74) is 0.770. The first-order chi connectivity index (χ1) is 9.00. The SMILES string of the molecule is CCCCC(CCCC)c1ccccc1S(=O)(=O)O. The van der Waals surface area contributed by atoms with Crippen LogP contribution in [0, 0.1) is 0 Å². The smallest absolute Gasteiger partial charge is 0.282 e. The lowest BCUT2D eigenvalue weighted by Gasteiger charge is -2.19. The van der Waals surface area contributed by atoms with Gasteiger partial charge in [-0.05, 0) is 30.4 Å². The third-order valence-corrected chi connectivity index (χ3v) is 4.38. The maximum absolute atomic E-state index is 11.5. The first-order valence-corrected chi connectivity index (χ1v) is 8.51. The van der Waals surface area contributed by atoms with E-state index >= 15 is 0 Å². The van der Waals surface area contributed by atoms with Crippen LogP contribution in [0.15, 0.2) is 29.2 Å². The molecule has 0 saturated carbocycles. The van der Waals surface area contributed by atoms with Crippen molar-refractivity contribution in [3.63, 3.8) is 0 Å². The van der Waals surface area contributed by atoms with Crippen LogP contribution in [0.5, 0.6) is 0 Å². The van der Waals surface area contributed by atoms with Crippen LogP contribution in [-0.2, 0) is 10.1 Å². The summed E-state index contributed by atoms with van der Waals surface area (Å²) < 4.78 is 32.3. The zero-order chi connectivity index (χ0) is 14.3. The average molecular weight is 284 g/mol. The predicted molar refractivity (Wildman–Crippen MR) is 78.0 cm³/mol. The van der Waals surface area contributed by atoms with Crippen molar-refractivity contribution in [3.8, 4) is 0 Å². The van der Waals surface area contributed by atoms with Crippen LogP contribution in [-0.4, -0.2) is 13.0 Å². The molecule has 0 radical (unpaired) electrons. The quantitative estimate of drug-likeness (QED) is 0.720. The van der Waals surface area contributed by atoms with Gasteiger partial charge in [-0.3, -0.25) is 4.55 Å². The van der Waals surface area contributed by atoms with Crippen molar-refractivity contribution in [3.05, 3.63) is 29.8 Å². The number of unbranched alkanes of at least 4 members (excludes halogenated alkanes) is 2. The van der Waals surface area contributed by atoms with Gasteiger partial charge in [0.1, 0.15) is 0 Å². The number of hydrogen-bond acceptors (Lipinski definition) is 2. The Morgan fingerprint density at radius 2 is 1.58 bits per heavy atom. The maximum Gasteiger partial charge on any atom is 0.294 e. The highest BCUT2D eigenvalue weighted by atomic mass is 32.2. The van der Waals surface area contributed by atoms with Gasteiger partial charge in [-0.15, -0.1) is 0 Å². The fourth-order valence-electron chi connectivity index (χ4n) is 2.41. The Kier molecular flexibility index (Phi) is 6.52. The molecule has 0 aromatic heterocycles. The summed E-state index contributed by atoms with van der Waals surface area (Å²) in [5.74, 6) is 0.220. The molecule has 0 aliphatic rings. The highest BCUT2D eigenvalue weighted by molar-refractivity contribution is 7.85. The highest BCUT2D eigenvalue weighted by Crippen LogP contribution is 2.32. The minimum Gasteiger partial charge on any atom is -0.282 e. The molecule has 1 aromatic rings. The molecule has 19 heavy (non-hydrogen) atoms. The predicted octanol–water partition coefficient (Wildman–Crippen LogP) is 4.40. The van der Waals surface area contributed by atoms with Crippen LogP contribution < -0.4 is 0 Å². The van der Waals surface area contributed by atoms with Crippen molar-refractivity contribution in [2.45, 2.75) is 63.2 Å². The van der Waals surface area contributed by atoms with Gasteiger partial charge < -0.3 is 0 Å². The Bertz CT molecular complexity index is 472. The van der Waals surface area contributed by atoms with E-state index in [1.54, 1.807) is 6.07 Å². The molecule has 0 amide bonds. The van der Waals surface area contributed by atoms with Gasteiger partial charge in [-0.1, -0.05) is 57.7 Å².